The molecule has 0 saturated heterocycles. The molecule has 1 saturated carbocycles. The van der Waals surface area contributed by atoms with E-state index in [2.05, 4.69) is 55.8 Å². The Labute approximate surface area is 198 Å². The Bertz CT molecular complexity index is 893. The van der Waals surface area contributed by atoms with Crippen molar-refractivity contribution in [2.45, 2.75) is 38.0 Å². The summed E-state index contributed by atoms with van der Waals surface area (Å²) in [6.45, 7) is 3.72. The Kier molecular flexibility index (Phi) is 11.1. The molecular formula is C26H28Cl2NTi-3. The first-order chi connectivity index (χ1) is 14.2. The average molecular weight is 473 g/mol. The molecule has 30 heavy (non-hydrogen) atoms. The summed E-state index contributed by atoms with van der Waals surface area (Å²) in [4.78, 5) is 0. The average Bonchev–Trinajstić information content (AvgIpc) is 3.15. The summed E-state index contributed by atoms with van der Waals surface area (Å²) in [6.07, 6.45) is 9.08. The van der Waals surface area contributed by atoms with Gasteiger partial charge in [-0.3, -0.25) is 0 Å². The van der Waals surface area contributed by atoms with Crippen molar-refractivity contribution >= 4 is 18.6 Å². The molecule has 0 amide bonds. The normalized spacial score (nSPS) is 15.7. The molecular weight excluding hydrogens is 445 g/mol. The Morgan fingerprint density at radius 1 is 0.833 bits per heavy atom. The first-order valence-corrected chi connectivity index (χ1v) is 14.4. The van der Waals surface area contributed by atoms with Crippen molar-refractivity contribution < 1.29 is 17.0 Å². The van der Waals surface area contributed by atoms with Crippen LogP contribution in [0, 0.1) is 13.3 Å². The molecule has 1 nitrogen and oxygen atoms in total. The van der Waals surface area contributed by atoms with E-state index in [1.54, 1.807) is 11.1 Å². The van der Waals surface area contributed by atoms with E-state index in [4.69, 9.17) is 18.6 Å². The van der Waals surface area contributed by atoms with Gasteiger partial charge in [0.05, 0.1) is 0 Å². The fourth-order valence-corrected chi connectivity index (χ4v) is 4.24. The van der Waals surface area contributed by atoms with Crippen molar-refractivity contribution in [3.63, 3.8) is 0 Å². The molecule has 158 valence electrons. The van der Waals surface area contributed by atoms with E-state index < -0.39 is 17.0 Å². The fourth-order valence-electron chi connectivity index (χ4n) is 4.24. The monoisotopic (exact) mass is 472 g/mol. The third kappa shape index (κ3) is 6.64. The second-order valence-electron chi connectivity index (χ2n) is 7.39. The van der Waals surface area contributed by atoms with Crippen LogP contribution in [0.1, 0.15) is 53.9 Å². The second-order valence-corrected chi connectivity index (χ2v) is 9.97. The molecule has 1 unspecified atom stereocenters. The van der Waals surface area contributed by atoms with Crippen LogP contribution >= 0.6 is 18.6 Å². The molecule has 3 aromatic rings. The molecule has 2 N–H and O–H groups in total. The van der Waals surface area contributed by atoms with Crippen LogP contribution in [-0.2, 0) is 23.5 Å². The van der Waals surface area contributed by atoms with Crippen LogP contribution in [0.4, 0.5) is 0 Å². The van der Waals surface area contributed by atoms with Crippen molar-refractivity contribution in [1.82, 2.24) is 0 Å². The molecule has 4 heteroatoms. The van der Waals surface area contributed by atoms with E-state index >= 15 is 0 Å². The quantitative estimate of drug-likeness (QED) is 0.195. The maximum atomic E-state index is 4.89. The van der Waals surface area contributed by atoms with Crippen LogP contribution in [0.5, 0.6) is 0 Å². The van der Waals surface area contributed by atoms with Crippen LogP contribution in [0.3, 0.4) is 0 Å². The summed E-state index contributed by atoms with van der Waals surface area (Å²) < 4.78 is 0. The zero-order valence-electron chi connectivity index (χ0n) is 17.2. The van der Waals surface area contributed by atoms with Gasteiger partial charge in [-0.25, -0.2) is 0 Å². The van der Waals surface area contributed by atoms with E-state index in [0.717, 1.165) is 12.0 Å². The smallest absolute Gasteiger partial charge is 0.00116 e. The molecule has 2 aliphatic carbocycles. The number of nitrogens with two attached hydrogens (primary N) is 1. The Hall–Kier alpha value is -1.22. The number of rotatable bonds is 1. The summed E-state index contributed by atoms with van der Waals surface area (Å²) in [5.74, 6) is 0.693. The summed E-state index contributed by atoms with van der Waals surface area (Å²) >= 11 is -0.556. The molecule has 2 aliphatic rings. The zero-order valence-corrected chi connectivity index (χ0v) is 20.2. The molecule has 0 aromatic heterocycles. The third-order valence-corrected chi connectivity index (χ3v) is 5.55. The van der Waals surface area contributed by atoms with Gasteiger partial charge in [-0.1, -0.05) is 73.4 Å². The van der Waals surface area contributed by atoms with Crippen molar-refractivity contribution in [3.05, 3.63) is 115 Å². The van der Waals surface area contributed by atoms with Crippen LogP contribution < -0.4 is 0 Å². The van der Waals surface area contributed by atoms with Gasteiger partial charge in [-0.05, 0) is 28.7 Å². The van der Waals surface area contributed by atoms with Crippen molar-refractivity contribution in [1.29, 1.82) is 0 Å². The minimum Gasteiger partial charge on any atom is -0.693 e. The van der Waals surface area contributed by atoms with Gasteiger partial charge in [-0.15, -0.1) is 18.1 Å². The van der Waals surface area contributed by atoms with E-state index in [1.807, 2.05) is 30.3 Å². The van der Waals surface area contributed by atoms with Crippen LogP contribution in [0.2, 0.25) is 0 Å². The SMILES string of the molecule is [CH2-]c1ccccc1.[Cl][Ti][Cl].[NH2-].c1ccc2c(c1)Cc1c-2cccc1C1[CH-]CCCC1. The first kappa shape index (κ1) is 25.0. The maximum Gasteiger partial charge on any atom is -0.00116 e. The molecule has 0 spiro atoms. The summed E-state index contributed by atoms with van der Waals surface area (Å²) in [5, 5.41) is 0. The molecule has 0 bridgehead atoms. The van der Waals surface area contributed by atoms with Gasteiger partial charge in [0.15, 0.2) is 0 Å². The van der Waals surface area contributed by atoms with E-state index in [0.29, 0.717) is 5.92 Å². The Balaban J connectivity index is 0.000000246. The van der Waals surface area contributed by atoms with Gasteiger partial charge in [-0.2, -0.15) is 31.0 Å². The summed E-state index contributed by atoms with van der Waals surface area (Å²) in [7, 11) is 9.78. The summed E-state index contributed by atoms with van der Waals surface area (Å²) in [6, 6.07) is 25.7. The van der Waals surface area contributed by atoms with Gasteiger partial charge in [0.1, 0.15) is 0 Å². The van der Waals surface area contributed by atoms with Crippen molar-refractivity contribution in [2.24, 2.45) is 0 Å². The Morgan fingerprint density at radius 2 is 1.50 bits per heavy atom. The van der Waals surface area contributed by atoms with Crippen LogP contribution in [0.25, 0.3) is 17.3 Å². The molecule has 3 aromatic carbocycles. The molecule has 0 aliphatic heterocycles. The first-order valence-electron chi connectivity index (χ1n) is 10.1. The van der Waals surface area contributed by atoms with Crippen LogP contribution in [0.15, 0.2) is 72.8 Å². The van der Waals surface area contributed by atoms with Gasteiger partial charge in [0, 0.05) is 0 Å². The molecule has 0 radical (unpaired) electrons. The van der Waals surface area contributed by atoms with Gasteiger partial charge in [0.2, 0.25) is 0 Å². The zero-order chi connectivity index (χ0) is 20.5. The van der Waals surface area contributed by atoms with E-state index in [1.165, 1.54) is 42.4 Å². The number of hydrogen-bond acceptors (Lipinski definition) is 0. The molecule has 0 heterocycles. The standard InChI is InChI=1S/C19H19.C7H7.2ClH.H2N.Ti/c1-2-7-14(8-3-1)16-11-6-12-18-17-10-5-4-9-15(17)13-19(16)18;1-7-5-3-2-4-6-7;;;;/h4-7,9-12,14H,1-3,8,13H2;2-6H,1H2;2*1H;1H2;/q2*-1;;;-1;+2/p-2. The third-order valence-electron chi connectivity index (χ3n) is 5.55. The number of benzene rings is 3. The van der Waals surface area contributed by atoms with E-state index in [-0.39, 0.29) is 6.15 Å². The fraction of sp³-hybridized carbons (Fsp3) is 0.231. The van der Waals surface area contributed by atoms with Gasteiger partial charge >= 0.3 is 35.6 Å². The summed E-state index contributed by atoms with van der Waals surface area (Å²) in [5.41, 5.74) is 8.69. The molecule has 1 fully saturated rings. The van der Waals surface area contributed by atoms with Gasteiger partial charge < -0.3 is 12.6 Å². The topological polar surface area (TPSA) is 33.5 Å². The van der Waals surface area contributed by atoms with Gasteiger partial charge in [0.25, 0.3) is 0 Å². The van der Waals surface area contributed by atoms with Crippen molar-refractivity contribution in [2.75, 3.05) is 0 Å². The Morgan fingerprint density at radius 3 is 2.13 bits per heavy atom. The number of hydrogen-bond donors (Lipinski definition) is 0. The maximum absolute atomic E-state index is 4.89. The minimum absolute atomic E-state index is 0. The molecule has 5 rings (SSSR count). The van der Waals surface area contributed by atoms with Crippen LogP contribution in [-0.4, -0.2) is 0 Å². The van der Waals surface area contributed by atoms with E-state index in [9.17, 15) is 0 Å². The predicted molar refractivity (Wildman–Crippen MR) is 128 cm³/mol. The van der Waals surface area contributed by atoms with Crippen molar-refractivity contribution in [3.8, 4) is 11.1 Å². The number of halogens is 2. The number of fused-ring (bicyclic) bond motifs is 3. The second kappa shape index (κ2) is 13.3. The predicted octanol–water partition coefficient (Wildman–Crippen LogP) is 9.08. The molecule has 1 atom stereocenters. The minimum atomic E-state index is -0.556. The largest absolute Gasteiger partial charge is 0.693 e.